The van der Waals surface area contributed by atoms with E-state index in [0.717, 1.165) is 0 Å². The van der Waals surface area contributed by atoms with Crippen molar-refractivity contribution in [2.45, 2.75) is 6.92 Å². The quantitative estimate of drug-likeness (QED) is 0.329. The smallest absolute Gasteiger partial charge is 0.0267 e. The summed E-state index contributed by atoms with van der Waals surface area (Å²) in [5.74, 6) is 0. The van der Waals surface area contributed by atoms with Gasteiger partial charge in [0.15, 0.2) is 0 Å². The van der Waals surface area contributed by atoms with Gasteiger partial charge in [-0.3, -0.25) is 0 Å². The van der Waals surface area contributed by atoms with Crippen LogP contribution in [-0.4, -0.2) is 20.5 Å². The normalized spacial score (nSPS) is 8.20. The maximum absolute atomic E-state index is 2.21. The highest BCUT2D eigenvalue weighted by Crippen LogP contribution is 1.69. The molecular formula is C3H10Si2. The van der Waals surface area contributed by atoms with Crippen LogP contribution in [0.2, 0.25) is 0 Å². The SMILES string of the molecule is CC=C([SiH3])[SiH3]. The average Bonchev–Trinajstić information content (AvgIpc) is 1.38. The molecule has 0 aromatic carbocycles. The van der Waals surface area contributed by atoms with Gasteiger partial charge in [-0.1, -0.05) is 6.08 Å². The molecule has 30 valence electrons. The second kappa shape index (κ2) is 2.41. The van der Waals surface area contributed by atoms with Gasteiger partial charge in [0.25, 0.3) is 0 Å². The van der Waals surface area contributed by atoms with E-state index in [1.54, 1.807) is 4.82 Å². The zero-order valence-corrected chi connectivity index (χ0v) is 8.08. The Labute approximate surface area is 39.1 Å². The highest BCUT2D eigenvalue weighted by molar-refractivity contribution is 6.48. The van der Waals surface area contributed by atoms with E-state index in [-0.39, 0.29) is 0 Å². The Balaban J connectivity index is 3.14. The minimum atomic E-state index is 1.29. The van der Waals surface area contributed by atoms with Crippen molar-refractivity contribution in [1.29, 1.82) is 0 Å². The topological polar surface area (TPSA) is 0 Å². The summed E-state index contributed by atoms with van der Waals surface area (Å²) in [6.07, 6.45) is 2.21. The van der Waals surface area contributed by atoms with Crippen molar-refractivity contribution in [2.75, 3.05) is 0 Å². The molecule has 5 heavy (non-hydrogen) atoms. The molecule has 0 aromatic rings. The highest BCUT2D eigenvalue weighted by atomic mass is 28.2. The van der Waals surface area contributed by atoms with Crippen molar-refractivity contribution < 1.29 is 0 Å². The predicted molar refractivity (Wildman–Crippen MR) is 33.6 cm³/mol. The first-order chi connectivity index (χ1) is 2.27. The maximum Gasteiger partial charge on any atom is 0.0267 e. The summed E-state index contributed by atoms with van der Waals surface area (Å²) in [5.41, 5.74) is 0. The monoisotopic (exact) mass is 102 g/mol. The first-order valence-corrected chi connectivity index (χ1v) is 3.87. The minimum Gasteiger partial charge on any atom is -0.115 e. The lowest BCUT2D eigenvalue weighted by Crippen LogP contribution is -1.72. The van der Waals surface area contributed by atoms with E-state index in [2.05, 4.69) is 13.0 Å². The van der Waals surface area contributed by atoms with E-state index in [4.69, 9.17) is 0 Å². The van der Waals surface area contributed by atoms with Crippen LogP contribution in [-0.2, 0) is 0 Å². The van der Waals surface area contributed by atoms with Crippen LogP contribution in [0.25, 0.3) is 0 Å². The van der Waals surface area contributed by atoms with Crippen molar-refractivity contribution in [1.82, 2.24) is 0 Å². The summed E-state index contributed by atoms with van der Waals surface area (Å²) in [6, 6.07) is 0. The standard InChI is InChI=1S/C3H10Si2/c1-2-3(4)5/h2H,1,4-5H3. The van der Waals surface area contributed by atoms with Crippen LogP contribution in [0.3, 0.4) is 0 Å². The molecule has 0 fully saturated rings. The van der Waals surface area contributed by atoms with Gasteiger partial charge in [-0.25, -0.2) is 0 Å². The molecule has 0 heterocycles. The summed E-state index contributed by atoms with van der Waals surface area (Å²) < 4.78 is 0. The molecule has 0 bridgehead atoms. The van der Waals surface area contributed by atoms with Gasteiger partial charge in [0.2, 0.25) is 0 Å². The van der Waals surface area contributed by atoms with Crippen LogP contribution in [0.5, 0.6) is 0 Å². The van der Waals surface area contributed by atoms with E-state index >= 15 is 0 Å². The molecule has 0 aliphatic heterocycles. The molecule has 0 radical (unpaired) electrons. The Bertz CT molecular complexity index is 42.9. The van der Waals surface area contributed by atoms with Crippen LogP contribution < -0.4 is 0 Å². The van der Waals surface area contributed by atoms with Crippen molar-refractivity contribution in [3.63, 3.8) is 0 Å². The molecule has 2 heteroatoms. The van der Waals surface area contributed by atoms with Crippen molar-refractivity contribution in [3.05, 3.63) is 10.9 Å². The van der Waals surface area contributed by atoms with Gasteiger partial charge in [-0.05, 0) is 6.92 Å². The van der Waals surface area contributed by atoms with Crippen LogP contribution in [0.4, 0.5) is 0 Å². The largest absolute Gasteiger partial charge is 0.115 e. The van der Waals surface area contributed by atoms with Crippen LogP contribution in [0.15, 0.2) is 10.9 Å². The fourth-order valence-corrected chi connectivity index (χ4v) is 0. The lowest BCUT2D eigenvalue weighted by atomic mass is 10.8. The summed E-state index contributed by atoms with van der Waals surface area (Å²) in [4.78, 5) is 1.66. The Morgan fingerprint density at radius 1 is 1.60 bits per heavy atom. The second-order valence-electron chi connectivity index (χ2n) is 1.37. The molecular weight excluding hydrogens is 92.2 g/mol. The fraction of sp³-hybridized carbons (Fsp3) is 0.333. The molecule has 0 amide bonds. The predicted octanol–water partition coefficient (Wildman–Crippen LogP) is -1.42. The number of hydrogen-bond acceptors (Lipinski definition) is 0. The summed E-state index contributed by atoms with van der Waals surface area (Å²) in [6.45, 7) is 2.11. The number of hydrogen-bond donors (Lipinski definition) is 0. The zero-order chi connectivity index (χ0) is 4.28. The lowest BCUT2D eigenvalue weighted by Gasteiger charge is -1.73. The van der Waals surface area contributed by atoms with E-state index in [9.17, 15) is 0 Å². The van der Waals surface area contributed by atoms with Crippen LogP contribution >= 0.6 is 0 Å². The first-order valence-electron chi connectivity index (χ1n) is 1.87. The Morgan fingerprint density at radius 2 is 1.80 bits per heavy atom. The number of allylic oxidation sites excluding steroid dienone is 1. The third-order valence-electron chi connectivity index (χ3n) is 0.577. The molecule has 0 atom stereocenters. The van der Waals surface area contributed by atoms with E-state index in [1.807, 2.05) is 0 Å². The molecule has 0 nitrogen and oxygen atoms in total. The van der Waals surface area contributed by atoms with E-state index < -0.39 is 0 Å². The Hall–Kier alpha value is 0.174. The van der Waals surface area contributed by atoms with Crippen LogP contribution in [0, 0.1) is 0 Å². The molecule has 0 aliphatic rings. The summed E-state index contributed by atoms with van der Waals surface area (Å²) in [7, 11) is 2.58. The molecule has 0 N–H and O–H groups in total. The Kier molecular flexibility index (Phi) is 2.50. The van der Waals surface area contributed by atoms with Gasteiger partial charge in [-0.15, -0.1) is 4.82 Å². The van der Waals surface area contributed by atoms with Gasteiger partial charge in [0.05, 0.1) is 0 Å². The Morgan fingerprint density at radius 3 is 1.80 bits per heavy atom. The minimum absolute atomic E-state index is 1.29. The fourth-order valence-electron chi connectivity index (χ4n) is 0. The molecule has 0 spiro atoms. The molecule has 0 saturated carbocycles. The van der Waals surface area contributed by atoms with Gasteiger partial charge >= 0.3 is 0 Å². The van der Waals surface area contributed by atoms with Crippen molar-refractivity contribution >= 4 is 20.5 Å². The second-order valence-corrected chi connectivity index (χ2v) is 6.52. The molecule has 0 unspecified atom stereocenters. The third kappa shape index (κ3) is 4.17. The first kappa shape index (κ1) is 5.17. The summed E-state index contributed by atoms with van der Waals surface area (Å²) in [5, 5.41) is 0. The number of rotatable bonds is 0. The van der Waals surface area contributed by atoms with Crippen LogP contribution in [0.1, 0.15) is 6.92 Å². The molecule has 0 rings (SSSR count). The summed E-state index contributed by atoms with van der Waals surface area (Å²) >= 11 is 0. The van der Waals surface area contributed by atoms with Crippen molar-refractivity contribution in [2.24, 2.45) is 0 Å². The van der Waals surface area contributed by atoms with E-state index in [1.165, 1.54) is 20.5 Å². The van der Waals surface area contributed by atoms with Gasteiger partial charge in [0.1, 0.15) is 0 Å². The van der Waals surface area contributed by atoms with Crippen molar-refractivity contribution in [3.8, 4) is 0 Å². The maximum atomic E-state index is 2.21. The molecule has 0 aliphatic carbocycles. The third-order valence-corrected chi connectivity index (χ3v) is 1.73. The van der Waals surface area contributed by atoms with E-state index in [0.29, 0.717) is 0 Å². The van der Waals surface area contributed by atoms with Gasteiger partial charge in [-0.2, -0.15) is 0 Å². The van der Waals surface area contributed by atoms with Gasteiger partial charge in [0, 0.05) is 20.5 Å². The zero-order valence-electron chi connectivity index (χ0n) is 4.08. The molecule has 0 saturated heterocycles. The highest BCUT2D eigenvalue weighted by Gasteiger charge is 1.61. The lowest BCUT2D eigenvalue weighted by molar-refractivity contribution is 1.76. The average molecular weight is 102 g/mol. The molecule has 0 aromatic heterocycles. The van der Waals surface area contributed by atoms with Gasteiger partial charge < -0.3 is 0 Å².